The summed E-state index contributed by atoms with van der Waals surface area (Å²) >= 11 is 0. The van der Waals surface area contributed by atoms with E-state index < -0.39 is 19.2 Å². The first-order valence-corrected chi connectivity index (χ1v) is 8.04. The highest BCUT2D eigenvalue weighted by molar-refractivity contribution is 7.81. The fraction of sp³-hybridized carbons (Fsp3) is 0.714. The predicted molar refractivity (Wildman–Crippen MR) is 54.3 cm³/mol. The molecule has 1 unspecified atom stereocenters. The fourth-order valence-corrected chi connectivity index (χ4v) is 2.71. The van der Waals surface area contributed by atoms with Crippen LogP contribution in [0.2, 0.25) is 6.55 Å². The summed E-state index contributed by atoms with van der Waals surface area (Å²) in [6.45, 7) is 8.78. The Bertz CT molecular complexity index is 247. The van der Waals surface area contributed by atoms with Crippen LogP contribution in [0.4, 0.5) is 0 Å². The quantitative estimate of drug-likeness (QED) is 0.626. The van der Waals surface area contributed by atoms with Crippen LogP contribution >= 0.6 is 0 Å². The molecule has 1 atom stereocenters. The van der Waals surface area contributed by atoms with Crippen molar-refractivity contribution in [2.24, 2.45) is 0 Å². The van der Waals surface area contributed by atoms with Crippen molar-refractivity contribution in [2.45, 2.75) is 26.5 Å². The Hall–Kier alpha value is -0.173. The zero-order valence-electron chi connectivity index (χ0n) is 8.19. The Labute approximate surface area is 81.5 Å². The van der Waals surface area contributed by atoms with E-state index in [9.17, 15) is 8.42 Å². The average molecular weight is 224 g/mol. The molecule has 0 spiro atoms. The van der Waals surface area contributed by atoms with Crippen LogP contribution in [0, 0.1) is 0 Å². The molecule has 0 aliphatic rings. The van der Waals surface area contributed by atoms with Gasteiger partial charge < -0.3 is 0 Å². The molecule has 0 rings (SSSR count). The third kappa shape index (κ3) is 6.94. The van der Waals surface area contributed by atoms with Crippen LogP contribution in [-0.4, -0.2) is 29.5 Å². The van der Waals surface area contributed by atoms with Crippen molar-refractivity contribution in [2.75, 3.05) is 6.23 Å². The van der Waals surface area contributed by atoms with E-state index in [1.54, 1.807) is 19.5 Å². The molecule has 0 saturated heterocycles. The highest BCUT2D eigenvalue weighted by atomic mass is 32.3. The van der Waals surface area contributed by atoms with Crippen molar-refractivity contribution in [3.05, 3.63) is 12.3 Å². The van der Waals surface area contributed by atoms with Crippen molar-refractivity contribution in [3.8, 4) is 0 Å². The molecule has 13 heavy (non-hydrogen) atoms. The third-order valence-corrected chi connectivity index (χ3v) is 3.97. The van der Waals surface area contributed by atoms with Gasteiger partial charge in [-0.25, -0.2) is 4.18 Å². The lowest BCUT2D eigenvalue weighted by atomic mass is 10.5. The maximum absolute atomic E-state index is 11.0. The van der Waals surface area contributed by atoms with Crippen LogP contribution in [0.3, 0.4) is 0 Å². The van der Waals surface area contributed by atoms with Gasteiger partial charge in [0.05, 0.1) is 21.1 Å². The second-order valence-corrected chi connectivity index (χ2v) is 7.05. The normalized spacial score (nSPS) is 14.5. The number of rotatable bonds is 6. The van der Waals surface area contributed by atoms with E-state index in [-0.39, 0.29) is 12.3 Å². The van der Waals surface area contributed by atoms with Gasteiger partial charge in [-0.05, 0) is 13.8 Å². The molecule has 0 aromatic heterocycles. The molecule has 0 aliphatic heterocycles. The summed E-state index contributed by atoms with van der Waals surface area (Å²) in [4.78, 5) is 0. The minimum atomic E-state index is -3.80. The average Bonchev–Trinajstić information content (AvgIpc) is 1.98. The molecule has 0 N–H and O–H groups in total. The zero-order chi connectivity index (χ0) is 10.5. The smallest absolute Gasteiger partial charge is 0.252 e. The molecule has 0 amide bonds. The summed E-state index contributed by atoms with van der Waals surface area (Å²) in [6, 6.07) is 0. The van der Waals surface area contributed by atoms with Crippen LogP contribution in [0.1, 0.15) is 13.8 Å². The molecule has 0 bridgehead atoms. The monoisotopic (exact) mass is 224 g/mol. The standard InChI is InChI=1S/C7H16O4SSi/c1-5-13(4)6-10-12(8,9)11-7(2)3/h5,7,13H,1,6H2,2-4H3. The van der Waals surface area contributed by atoms with Gasteiger partial charge in [0.25, 0.3) is 0 Å². The van der Waals surface area contributed by atoms with Gasteiger partial charge in [-0.1, -0.05) is 6.55 Å². The summed E-state index contributed by atoms with van der Waals surface area (Å²) in [7, 11) is -5.04. The Kier molecular flexibility index (Phi) is 5.46. The Morgan fingerprint density at radius 1 is 1.54 bits per heavy atom. The van der Waals surface area contributed by atoms with E-state index in [1.807, 2.05) is 6.55 Å². The summed E-state index contributed by atoms with van der Waals surface area (Å²) in [5.41, 5.74) is 1.75. The van der Waals surface area contributed by atoms with Gasteiger partial charge in [0.2, 0.25) is 0 Å². The Morgan fingerprint density at radius 3 is 2.46 bits per heavy atom. The molecular weight excluding hydrogens is 208 g/mol. The van der Waals surface area contributed by atoms with Crippen LogP contribution < -0.4 is 0 Å². The molecule has 0 saturated carbocycles. The van der Waals surface area contributed by atoms with Crippen molar-refractivity contribution in [1.29, 1.82) is 0 Å². The van der Waals surface area contributed by atoms with Gasteiger partial charge in [-0.2, -0.15) is 8.42 Å². The zero-order valence-corrected chi connectivity index (χ0v) is 10.2. The van der Waals surface area contributed by atoms with Gasteiger partial charge in [0, 0.05) is 0 Å². The van der Waals surface area contributed by atoms with Crippen LogP contribution in [0.15, 0.2) is 12.3 Å². The van der Waals surface area contributed by atoms with Crippen molar-refractivity contribution >= 4 is 19.2 Å². The largest absolute Gasteiger partial charge is 0.399 e. The van der Waals surface area contributed by atoms with Gasteiger partial charge in [-0.15, -0.1) is 12.3 Å². The van der Waals surface area contributed by atoms with E-state index in [4.69, 9.17) is 0 Å². The summed E-state index contributed by atoms with van der Waals surface area (Å²) in [5.74, 6) is 0. The topological polar surface area (TPSA) is 52.6 Å². The van der Waals surface area contributed by atoms with E-state index in [2.05, 4.69) is 14.9 Å². The lowest BCUT2D eigenvalue weighted by molar-refractivity contribution is 0.192. The van der Waals surface area contributed by atoms with Crippen molar-refractivity contribution in [3.63, 3.8) is 0 Å². The lowest BCUT2D eigenvalue weighted by Gasteiger charge is -2.09. The third-order valence-electron chi connectivity index (χ3n) is 1.19. The Balaban J connectivity index is 3.97. The minimum Gasteiger partial charge on any atom is -0.252 e. The van der Waals surface area contributed by atoms with E-state index >= 15 is 0 Å². The van der Waals surface area contributed by atoms with Crippen LogP contribution in [0.5, 0.6) is 0 Å². The number of hydrogen-bond acceptors (Lipinski definition) is 4. The molecule has 78 valence electrons. The number of hydrogen-bond donors (Lipinski definition) is 0. The first kappa shape index (κ1) is 12.8. The van der Waals surface area contributed by atoms with E-state index in [1.165, 1.54) is 0 Å². The molecule has 0 aromatic carbocycles. The molecule has 0 fully saturated rings. The van der Waals surface area contributed by atoms with Crippen LogP contribution in [-0.2, 0) is 18.8 Å². The molecule has 0 aliphatic carbocycles. The van der Waals surface area contributed by atoms with Crippen molar-refractivity contribution < 1.29 is 16.8 Å². The predicted octanol–water partition coefficient (Wildman–Crippen LogP) is 0.794. The first-order valence-electron chi connectivity index (χ1n) is 4.07. The maximum Gasteiger partial charge on any atom is 0.399 e. The summed E-state index contributed by atoms with van der Waals surface area (Å²) in [6.07, 6.45) is -0.177. The lowest BCUT2D eigenvalue weighted by Crippen LogP contribution is -2.21. The Morgan fingerprint density at radius 2 is 2.08 bits per heavy atom. The maximum atomic E-state index is 11.0. The second-order valence-electron chi connectivity index (χ2n) is 3.05. The van der Waals surface area contributed by atoms with Crippen molar-refractivity contribution in [1.82, 2.24) is 0 Å². The molecular formula is C7H16O4SSi. The molecule has 0 radical (unpaired) electrons. The molecule has 6 heteroatoms. The molecule has 4 nitrogen and oxygen atoms in total. The highest BCUT2D eigenvalue weighted by Crippen LogP contribution is 2.01. The first-order chi connectivity index (χ1) is 5.87. The van der Waals surface area contributed by atoms with E-state index in [0.717, 1.165) is 0 Å². The SMILES string of the molecule is C=C[SiH](C)COS(=O)(=O)OC(C)C. The van der Waals surface area contributed by atoms with E-state index in [0.29, 0.717) is 0 Å². The van der Waals surface area contributed by atoms with Gasteiger partial charge in [-0.3, -0.25) is 4.18 Å². The molecule has 0 heterocycles. The highest BCUT2D eigenvalue weighted by Gasteiger charge is 2.15. The molecule has 0 aromatic rings. The van der Waals surface area contributed by atoms with Crippen LogP contribution in [0.25, 0.3) is 0 Å². The summed E-state index contributed by atoms with van der Waals surface area (Å²) < 4.78 is 31.2. The van der Waals surface area contributed by atoms with Gasteiger partial charge in [0.1, 0.15) is 0 Å². The summed E-state index contributed by atoms with van der Waals surface area (Å²) in [5, 5.41) is 0. The van der Waals surface area contributed by atoms with Gasteiger partial charge >= 0.3 is 10.4 Å². The minimum absolute atomic E-state index is 0.207. The fourth-order valence-electron chi connectivity index (χ4n) is 0.522. The van der Waals surface area contributed by atoms with Gasteiger partial charge in [0.15, 0.2) is 0 Å². The second kappa shape index (κ2) is 5.53.